The molecule has 1 aromatic heterocycles. The molecule has 8 heteroatoms. The normalized spacial score (nSPS) is 15.5. The Morgan fingerprint density at radius 1 is 1.25 bits per heavy atom. The SMILES string of the molecule is COc1ccccc1NC(=O)C1CC(=O)Nc2cc(-c3ccc(Cl)cc3)nn21. The maximum absolute atomic E-state index is 12.9. The molecule has 1 atom stereocenters. The van der Waals surface area contributed by atoms with Gasteiger partial charge in [0.05, 0.1) is 24.9 Å². The smallest absolute Gasteiger partial charge is 0.249 e. The lowest BCUT2D eigenvalue weighted by atomic mass is 10.1. The van der Waals surface area contributed by atoms with Crippen LogP contribution in [0, 0.1) is 0 Å². The number of halogens is 1. The number of benzene rings is 2. The van der Waals surface area contributed by atoms with E-state index < -0.39 is 6.04 Å². The molecule has 28 heavy (non-hydrogen) atoms. The van der Waals surface area contributed by atoms with E-state index in [1.54, 1.807) is 36.4 Å². The first-order chi connectivity index (χ1) is 13.5. The minimum atomic E-state index is -0.769. The van der Waals surface area contributed by atoms with Crippen molar-refractivity contribution in [2.45, 2.75) is 12.5 Å². The van der Waals surface area contributed by atoms with Crippen LogP contribution in [-0.4, -0.2) is 28.7 Å². The summed E-state index contributed by atoms with van der Waals surface area (Å²) in [6, 6.07) is 15.3. The standard InChI is InChI=1S/C20H17ClN4O3/c1-28-17-5-3-2-4-14(17)22-20(27)16-11-19(26)23-18-10-15(24-25(16)18)12-6-8-13(21)9-7-12/h2-10,16H,11H2,1H3,(H,22,27)(H,23,26). The van der Waals surface area contributed by atoms with E-state index in [4.69, 9.17) is 16.3 Å². The van der Waals surface area contributed by atoms with Crippen LogP contribution >= 0.6 is 11.6 Å². The summed E-state index contributed by atoms with van der Waals surface area (Å²) in [7, 11) is 1.53. The van der Waals surface area contributed by atoms with E-state index in [-0.39, 0.29) is 18.2 Å². The predicted octanol–water partition coefficient (Wildman–Crippen LogP) is 3.73. The molecule has 1 unspecified atom stereocenters. The van der Waals surface area contributed by atoms with Gasteiger partial charge in [-0.3, -0.25) is 9.59 Å². The number of carbonyl (C=O) groups excluding carboxylic acids is 2. The van der Waals surface area contributed by atoms with E-state index in [9.17, 15) is 9.59 Å². The summed E-state index contributed by atoms with van der Waals surface area (Å²) >= 11 is 5.94. The topological polar surface area (TPSA) is 85.2 Å². The molecule has 2 heterocycles. The number of ether oxygens (including phenoxy) is 1. The third-order valence-electron chi connectivity index (χ3n) is 4.48. The summed E-state index contributed by atoms with van der Waals surface area (Å²) < 4.78 is 6.81. The summed E-state index contributed by atoms with van der Waals surface area (Å²) in [5.41, 5.74) is 2.01. The van der Waals surface area contributed by atoms with Crippen LogP contribution in [0.3, 0.4) is 0 Å². The Morgan fingerprint density at radius 3 is 2.75 bits per heavy atom. The summed E-state index contributed by atoms with van der Waals surface area (Å²) in [6.07, 6.45) is -0.00425. The maximum atomic E-state index is 12.9. The number of aromatic nitrogens is 2. The van der Waals surface area contributed by atoms with E-state index in [2.05, 4.69) is 15.7 Å². The molecule has 2 N–H and O–H groups in total. The molecule has 0 saturated heterocycles. The minimum Gasteiger partial charge on any atom is -0.495 e. The van der Waals surface area contributed by atoms with Crippen molar-refractivity contribution in [3.8, 4) is 17.0 Å². The van der Waals surface area contributed by atoms with E-state index >= 15 is 0 Å². The van der Waals surface area contributed by atoms with Gasteiger partial charge in [0.2, 0.25) is 11.8 Å². The second-order valence-corrected chi connectivity index (χ2v) is 6.76. The van der Waals surface area contributed by atoms with Gasteiger partial charge in [0, 0.05) is 16.7 Å². The number of hydrogen-bond acceptors (Lipinski definition) is 4. The van der Waals surface area contributed by atoms with Gasteiger partial charge in [-0.25, -0.2) is 4.68 Å². The van der Waals surface area contributed by atoms with Crippen LogP contribution in [-0.2, 0) is 9.59 Å². The average molecular weight is 397 g/mol. The highest BCUT2D eigenvalue weighted by molar-refractivity contribution is 6.30. The number of rotatable bonds is 4. The Morgan fingerprint density at radius 2 is 2.00 bits per heavy atom. The molecule has 4 rings (SSSR count). The van der Waals surface area contributed by atoms with Gasteiger partial charge in [-0.05, 0) is 24.3 Å². The first-order valence-electron chi connectivity index (χ1n) is 8.64. The Kier molecular flexibility index (Phi) is 4.75. The van der Waals surface area contributed by atoms with Gasteiger partial charge in [0.25, 0.3) is 0 Å². The zero-order valence-corrected chi connectivity index (χ0v) is 15.7. The number of anilines is 2. The number of nitrogens with zero attached hydrogens (tertiary/aromatic N) is 2. The number of amides is 2. The molecule has 0 radical (unpaired) electrons. The molecule has 0 bridgehead atoms. The molecular formula is C20H17ClN4O3. The highest BCUT2D eigenvalue weighted by atomic mass is 35.5. The lowest BCUT2D eigenvalue weighted by Gasteiger charge is -2.24. The zero-order chi connectivity index (χ0) is 19.7. The fraction of sp³-hybridized carbons (Fsp3) is 0.150. The van der Waals surface area contributed by atoms with Gasteiger partial charge < -0.3 is 15.4 Å². The molecule has 0 fully saturated rings. The average Bonchev–Trinajstić information content (AvgIpc) is 3.12. The Labute approximate surface area is 166 Å². The molecule has 142 valence electrons. The van der Waals surface area contributed by atoms with Crippen molar-refractivity contribution in [2.24, 2.45) is 0 Å². The fourth-order valence-corrected chi connectivity index (χ4v) is 3.24. The number of methoxy groups -OCH3 is 1. The Balaban J connectivity index is 1.65. The molecule has 0 saturated carbocycles. The van der Waals surface area contributed by atoms with Gasteiger partial charge in [-0.15, -0.1) is 0 Å². The Hall–Kier alpha value is -3.32. The van der Waals surface area contributed by atoms with Crippen molar-refractivity contribution in [2.75, 3.05) is 17.7 Å². The molecule has 2 amide bonds. The highest BCUT2D eigenvalue weighted by Crippen LogP contribution is 2.31. The van der Waals surface area contributed by atoms with Crippen LogP contribution in [0.2, 0.25) is 5.02 Å². The van der Waals surface area contributed by atoms with Crippen LogP contribution in [0.15, 0.2) is 54.6 Å². The molecule has 1 aliphatic rings. The van der Waals surface area contributed by atoms with Gasteiger partial charge in [-0.1, -0.05) is 35.9 Å². The van der Waals surface area contributed by atoms with Crippen LogP contribution in [0.1, 0.15) is 12.5 Å². The van der Waals surface area contributed by atoms with E-state index in [1.807, 2.05) is 18.2 Å². The van der Waals surface area contributed by atoms with Crippen molar-refractivity contribution in [1.29, 1.82) is 0 Å². The van der Waals surface area contributed by atoms with Crippen LogP contribution in [0.25, 0.3) is 11.3 Å². The zero-order valence-electron chi connectivity index (χ0n) is 15.0. The fourth-order valence-electron chi connectivity index (χ4n) is 3.11. The number of fused-ring (bicyclic) bond motifs is 1. The molecule has 1 aliphatic heterocycles. The van der Waals surface area contributed by atoms with Crippen molar-refractivity contribution in [3.63, 3.8) is 0 Å². The van der Waals surface area contributed by atoms with Crippen molar-refractivity contribution in [1.82, 2.24) is 9.78 Å². The molecule has 3 aromatic rings. The molecule has 7 nitrogen and oxygen atoms in total. The van der Waals surface area contributed by atoms with Gasteiger partial charge in [0.15, 0.2) is 0 Å². The highest BCUT2D eigenvalue weighted by Gasteiger charge is 2.32. The van der Waals surface area contributed by atoms with Crippen LogP contribution < -0.4 is 15.4 Å². The summed E-state index contributed by atoms with van der Waals surface area (Å²) in [5, 5.41) is 10.7. The summed E-state index contributed by atoms with van der Waals surface area (Å²) in [4.78, 5) is 25.0. The predicted molar refractivity (Wildman–Crippen MR) is 107 cm³/mol. The van der Waals surface area contributed by atoms with Crippen LogP contribution in [0.5, 0.6) is 5.75 Å². The van der Waals surface area contributed by atoms with E-state index in [0.717, 1.165) is 5.56 Å². The summed E-state index contributed by atoms with van der Waals surface area (Å²) in [6.45, 7) is 0. The van der Waals surface area contributed by atoms with E-state index in [0.29, 0.717) is 28.0 Å². The molecule has 0 spiro atoms. The number of para-hydroxylation sites is 2. The van der Waals surface area contributed by atoms with E-state index in [1.165, 1.54) is 11.8 Å². The number of hydrogen-bond donors (Lipinski definition) is 2. The van der Waals surface area contributed by atoms with Crippen LogP contribution in [0.4, 0.5) is 11.5 Å². The number of carbonyl (C=O) groups is 2. The Bertz CT molecular complexity index is 1050. The lowest BCUT2D eigenvalue weighted by Crippen LogP contribution is -2.35. The third kappa shape index (κ3) is 3.44. The van der Waals surface area contributed by atoms with Crippen molar-refractivity contribution in [3.05, 3.63) is 59.6 Å². The molecule has 2 aromatic carbocycles. The monoisotopic (exact) mass is 396 g/mol. The summed E-state index contributed by atoms with van der Waals surface area (Å²) in [5.74, 6) is 0.432. The van der Waals surface area contributed by atoms with Gasteiger partial charge in [0.1, 0.15) is 17.6 Å². The molecular weight excluding hydrogens is 380 g/mol. The maximum Gasteiger partial charge on any atom is 0.249 e. The largest absolute Gasteiger partial charge is 0.495 e. The first kappa shape index (κ1) is 18.1. The van der Waals surface area contributed by atoms with Gasteiger partial charge >= 0.3 is 0 Å². The second-order valence-electron chi connectivity index (χ2n) is 6.32. The minimum absolute atomic E-state index is 0.00425. The quantitative estimate of drug-likeness (QED) is 0.703. The van der Waals surface area contributed by atoms with Crippen molar-refractivity contribution >= 4 is 34.9 Å². The first-order valence-corrected chi connectivity index (χ1v) is 9.02. The number of nitrogens with one attached hydrogen (secondary N) is 2. The third-order valence-corrected chi connectivity index (χ3v) is 4.74. The van der Waals surface area contributed by atoms with Gasteiger partial charge in [-0.2, -0.15) is 5.10 Å². The molecule has 0 aliphatic carbocycles. The van der Waals surface area contributed by atoms with Crippen molar-refractivity contribution < 1.29 is 14.3 Å². The second kappa shape index (κ2) is 7.36. The lowest BCUT2D eigenvalue weighted by molar-refractivity contribution is -0.125.